The molecule has 1 aliphatic rings. The molecule has 0 radical (unpaired) electrons. The Labute approximate surface area is 70.2 Å². The average Bonchev–Trinajstić information content (AvgIpc) is 1.98. The van der Waals surface area contributed by atoms with Crippen molar-refractivity contribution in [2.75, 3.05) is 33.7 Å². The van der Waals surface area contributed by atoms with E-state index >= 15 is 0 Å². The van der Waals surface area contributed by atoms with E-state index in [4.69, 9.17) is 0 Å². The molecule has 0 aromatic rings. The van der Waals surface area contributed by atoms with Gasteiger partial charge in [-0.25, -0.2) is 0 Å². The molecule has 1 unspecified atom stereocenters. The summed E-state index contributed by atoms with van der Waals surface area (Å²) in [6.07, 6.45) is 2.66. The van der Waals surface area contributed by atoms with Crippen molar-refractivity contribution >= 4 is 0 Å². The van der Waals surface area contributed by atoms with Crippen molar-refractivity contribution in [3.63, 3.8) is 0 Å². The second-order valence-electron chi connectivity index (χ2n) is 3.69. The first-order valence-electron chi connectivity index (χ1n) is 4.62. The normalized spacial score (nSPS) is 29.2. The summed E-state index contributed by atoms with van der Waals surface area (Å²) in [5, 5.41) is 0. The van der Waals surface area contributed by atoms with E-state index in [0.717, 1.165) is 6.04 Å². The maximum atomic E-state index is 2.49. The van der Waals surface area contributed by atoms with Gasteiger partial charge in [0.25, 0.3) is 0 Å². The molecule has 2 nitrogen and oxygen atoms in total. The van der Waals surface area contributed by atoms with Gasteiger partial charge in [-0.3, -0.25) is 0 Å². The first-order chi connectivity index (χ1) is 5.24. The van der Waals surface area contributed by atoms with Gasteiger partial charge in [0.2, 0.25) is 0 Å². The molecule has 0 spiro atoms. The quantitative estimate of drug-likeness (QED) is 0.589. The topological polar surface area (TPSA) is 6.48 Å². The summed E-state index contributed by atoms with van der Waals surface area (Å²) >= 11 is 0. The summed E-state index contributed by atoms with van der Waals surface area (Å²) in [7, 11) is 4.46. The summed E-state index contributed by atoms with van der Waals surface area (Å²) in [6.45, 7) is 5.99. The largest absolute Gasteiger partial charge is 0.304 e. The zero-order valence-electron chi connectivity index (χ0n) is 8.01. The van der Waals surface area contributed by atoms with Gasteiger partial charge in [0.15, 0.2) is 0 Å². The molecule has 1 aliphatic heterocycles. The molecule has 0 amide bonds. The minimum atomic E-state index is 0.804. The van der Waals surface area contributed by atoms with Crippen LogP contribution in [0.1, 0.15) is 19.8 Å². The standard InChI is InChI=1S/C9H20N2/c1-4-5-9-8-10(2)6-7-11(9)3/h9H,4-8H2,1-3H3. The van der Waals surface area contributed by atoms with E-state index in [1.54, 1.807) is 0 Å². The SMILES string of the molecule is CCCC1CN(C)CCN1C. The van der Waals surface area contributed by atoms with Crippen LogP contribution >= 0.6 is 0 Å². The highest BCUT2D eigenvalue weighted by atomic mass is 15.3. The molecule has 2 heteroatoms. The molecule has 66 valence electrons. The lowest BCUT2D eigenvalue weighted by Crippen LogP contribution is -2.49. The Hall–Kier alpha value is -0.0800. The molecule has 0 saturated carbocycles. The van der Waals surface area contributed by atoms with Crippen LogP contribution in [0.25, 0.3) is 0 Å². The van der Waals surface area contributed by atoms with Crippen LogP contribution in [-0.4, -0.2) is 49.6 Å². The fraction of sp³-hybridized carbons (Fsp3) is 1.00. The second kappa shape index (κ2) is 4.07. The Balaban J connectivity index is 2.34. The summed E-state index contributed by atoms with van der Waals surface area (Å²) in [6, 6.07) is 0.804. The molecule has 0 N–H and O–H groups in total. The van der Waals surface area contributed by atoms with E-state index in [9.17, 15) is 0 Å². The van der Waals surface area contributed by atoms with Gasteiger partial charge in [-0.1, -0.05) is 13.3 Å². The number of rotatable bonds is 2. The average molecular weight is 156 g/mol. The monoisotopic (exact) mass is 156 g/mol. The van der Waals surface area contributed by atoms with E-state index in [1.807, 2.05) is 0 Å². The molecule has 0 aliphatic carbocycles. The van der Waals surface area contributed by atoms with Crippen LogP contribution in [0.2, 0.25) is 0 Å². The minimum absolute atomic E-state index is 0.804. The first kappa shape index (κ1) is 9.01. The third kappa shape index (κ3) is 2.46. The van der Waals surface area contributed by atoms with Gasteiger partial charge in [-0.15, -0.1) is 0 Å². The lowest BCUT2D eigenvalue weighted by Gasteiger charge is -2.37. The Bertz CT molecular complexity index is 114. The van der Waals surface area contributed by atoms with Crippen LogP contribution in [0.3, 0.4) is 0 Å². The zero-order valence-corrected chi connectivity index (χ0v) is 8.01. The number of nitrogens with zero attached hydrogens (tertiary/aromatic N) is 2. The van der Waals surface area contributed by atoms with E-state index in [-0.39, 0.29) is 0 Å². The zero-order chi connectivity index (χ0) is 8.27. The molecule has 0 aromatic heterocycles. The van der Waals surface area contributed by atoms with Crippen LogP contribution in [0.4, 0.5) is 0 Å². The van der Waals surface area contributed by atoms with E-state index in [2.05, 4.69) is 30.8 Å². The van der Waals surface area contributed by atoms with Gasteiger partial charge in [0.1, 0.15) is 0 Å². The van der Waals surface area contributed by atoms with E-state index in [0.29, 0.717) is 0 Å². The molecule has 1 rings (SSSR count). The number of piperazine rings is 1. The lowest BCUT2D eigenvalue weighted by molar-refractivity contribution is 0.108. The van der Waals surface area contributed by atoms with Crippen molar-refractivity contribution in [2.45, 2.75) is 25.8 Å². The van der Waals surface area contributed by atoms with Gasteiger partial charge < -0.3 is 9.80 Å². The summed E-state index contributed by atoms with van der Waals surface area (Å²) in [5.74, 6) is 0. The molecule has 0 aromatic carbocycles. The fourth-order valence-electron chi connectivity index (χ4n) is 1.75. The van der Waals surface area contributed by atoms with Gasteiger partial charge in [-0.05, 0) is 20.5 Å². The predicted molar refractivity (Wildman–Crippen MR) is 48.8 cm³/mol. The van der Waals surface area contributed by atoms with Crippen LogP contribution in [0, 0.1) is 0 Å². The molecule has 1 atom stereocenters. The van der Waals surface area contributed by atoms with Crippen LogP contribution < -0.4 is 0 Å². The van der Waals surface area contributed by atoms with Gasteiger partial charge in [0, 0.05) is 25.7 Å². The Kier molecular flexibility index (Phi) is 3.34. The molecular weight excluding hydrogens is 136 g/mol. The highest BCUT2D eigenvalue weighted by Gasteiger charge is 2.20. The second-order valence-corrected chi connectivity index (χ2v) is 3.69. The summed E-state index contributed by atoms with van der Waals surface area (Å²) in [4.78, 5) is 4.92. The van der Waals surface area contributed by atoms with Crippen LogP contribution in [0.5, 0.6) is 0 Å². The fourth-order valence-corrected chi connectivity index (χ4v) is 1.75. The van der Waals surface area contributed by atoms with Gasteiger partial charge in [0.05, 0.1) is 0 Å². The predicted octanol–water partition coefficient (Wildman–Crippen LogP) is 1.03. The van der Waals surface area contributed by atoms with Crippen molar-refractivity contribution in [2.24, 2.45) is 0 Å². The molecule has 0 bridgehead atoms. The Morgan fingerprint density at radius 1 is 1.27 bits per heavy atom. The molecular formula is C9H20N2. The van der Waals surface area contributed by atoms with Crippen molar-refractivity contribution in [3.05, 3.63) is 0 Å². The third-order valence-corrected chi connectivity index (χ3v) is 2.60. The number of hydrogen-bond acceptors (Lipinski definition) is 2. The van der Waals surface area contributed by atoms with Gasteiger partial charge in [-0.2, -0.15) is 0 Å². The maximum Gasteiger partial charge on any atom is 0.0220 e. The van der Waals surface area contributed by atoms with Gasteiger partial charge >= 0.3 is 0 Å². The van der Waals surface area contributed by atoms with Crippen molar-refractivity contribution < 1.29 is 0 Å². The molecule has 1 saturated heterocycles. The van der Waals surface area contributed by atoms with Crippen molar-refractivity contribution in [1.82, 2.24) is 9.80 Å². The van der Waals surface area contributed by atoms with Crippen molar-refractivity contribution in [3.8, 4) is 0 Å². The minimum Gasteiger partial charge on any atom is -0.304 e. The summed E-state index contributed by atoms with van der Waals surface area (Å²) in [5.41, 5.74) is 0. The molecule has 1 heterocycles. The first-order valence-corrected chi connectivity index (χ1v) is 4.62. The Morgan fingerprint density at radius 3 is 2.64 bits per heavy atom. The summed E-state index contributed by atoms with van der Waals surface area (Å²) < 4.78 is 0. The van der Waals surface area contributed by atoms with Crippen molar-refractivity contribution in [1.29, 1.82) is 0 Å². The number of hydrogen-bond donors (Lipinski definition) is 0. The lowest BCUT2D eigenvalue weighted by atomic mass is 10.1. The maximum absolute atomic E-state index is 2.49. The third-order valence-electron chi connectivity index (χ3n) is 2.60. The molecule has 11 heavy (non-hydrogen) atoms. The smallest absolute Gasteiger partial charge is 0.0220 e. The number of likely N-dealkylation sites (N-methyl/N-ethyl adjacent to an activating group) is 2. The van der Waals surface area contributed by atoms with E-state index < -0.39 is 0 Å². The van der Waals surface area contributed by atoms with Crippen LogP contribution in [-0.2, 0) is 0 Å². The molecule has 1 fully saturated rings. The van der Waals surface area contributed by atoms with Crippen LogP contribution in [0.15, 0.2) is 0 Å². The van der Waals surface area contributed by atoms with E-state index in [1.165, 1.54) is 32.5 Å². The highest BCUT2D eigenvalue weighted by Crippen LogP contribution is 2.10. The Morgan fingerprint density at radius 2 is 2.00 bits per heavy atom. The highest BCUT2D eigenvalue weighted by molar-refractivity contribution is 4.77.